The predicted molar refractivity (Wildman–Crippen MR) is 140 cm³/mol. The topological polar surface area (TPSA) is 26.8 Å². The summed E-state index contributed by atoms with van der Waals surface area (Å²) in [6.07, 6.45) is 1.96. The smallest absolute Gasteiger partial charge is 0.267 e. The Labute approximate surface area is 201 Å². The van der Waals surface area contributed by atoms with Crippen LogP contribution in [0.2, 0.25) is 0 Å². The number of hydrogen-bond acceptors (Lipinski definition) is 5. The molecule has 0 radical (unpaired) electrons. The van der Waals surface area contributed by atoms with Gasteiger partial charge in [0, 0.05) is 31.9 Å². The molecule has 4 nitrogen and oxygen atoms in total. The van der Waals surface area contributed by atoms with Crippen molar-refractivity contribution in [2.45, 2.75) is 33.1 Å². The lowest BCUT2D eigenvalue weighted by Crippen LogP contribution is -2.50. The average Bonchev–Trinajstić information content (AvgIpc) is 3.01. The van der Waals surface area contributed by atoms with Crippen LogP contribution in [0.3, 0.4) is 0 Å². The highest BCUT2D eigenvalue weighted by Crippen LogP contribution is 2.33. The minimum Gasteiger partial charge on any atom is -0.369 e. The summed E-state index contributed by atoms with van der Waals surface area (Å²) in [6, 6.07) is 17.1. The Morgan fingerprint density at radius 2 is 1.72 bits per heavy atom. The van der Waals surface area contributed by atoms with Gasteiger partial charge in [0.15, 0.2) is 0 Å². The zero-order valence-corrected chi connectivity index (χ0v) is 20.9. The fraction of sp³-hybridized carbons (Fsp3) is 0.385. The lowest BCUT2D eigenvalue weighted by molar-refractivity contribution is -0.123. The van der Waals surface area contributed by atoms with Crippen molar-refractivity contribution in [1.82, 2.24) is 9.80 Å². The lowest BCUT2D eigenvalue weighted by Gasteiger charge is -2.37. The molecular weight excluding hydrogens is 434 g/mol. The van der Waals surface area contributed by atoms with Gasteiger partial charge < -0.3 is 4.90 Å². The van der Waals surface area contributed by atoms with Gasteiger partial charge in [-0.2, -0.15) is 0 Å². The van der Waals surface area contributed by atoms with Crippen LogP contribution in [0.1, 0.15) is 37.5 Å². The van der Waals surface area contributed by atoms with Crippen molar-refractivity contribution in [3.05, 3.63) is 70.1 Å². The Kier molecular flexibility index (Phi) is 6.75. The molecule has 6 heteroatoms. The van der Waals surface area contributed by atoms with Gasteiger partial charge in [-0.15, -0.1) is 0 Å². The number of carbonyl (C=O) groups is 1. The molecule has 0 N–H and O–H groups in total. The van der Waals surface area contributed by atoms with Crippen LogP contribution in [0.25, 0.3) is 6.08 Å². The second kappa shape index (κ2) is 9.38. The lowest BCUT2D eigenvalue weighted by atomic mass is 9.87. The van der Waals surface area contributed by atoms with E-state index in [9.17, 15) is 4.79 Å². The number of thiocarbonyl (C=S) groups is 1. The first-order valence-corrected chi connectivity index (χ1v) is 12.3. The molecule has 1 amide bonds. The fourth-order valence-corrected chi connectivity index (χ4v) is 5.27. The molecule has 0 saturated carbocycles. The fourth-order valence-electron chi connectivity index (χ4n) is 4.02. The maximum absolute atomic E-state index is 13.1. The Hall–Kier alpha value is -2.15. The Morgan fingerprint density at radius 1 is 1.03 bits per heavy atom. The van der Waals surface area contributed by atoms with Gasteiger partial charge >= 0.3 is 0 Å². The van der Waals surface area contributed by atoms with E-state index >= 15 is 0 Å². The van der Waals surface area contributed by atoms with Gasteiger partial charge in [0.05, 0.1) is 11.6 Å². The maximum atomic E-state index is 13.1. The number of aryl methyl sites for hydroxylation is 1. The molecule has 2 heterocycles. The second-order valence-electron chi connectivity index (χ2n) is 9.57. The highest BCUT2D eigenvalue weighted by molar-refractivity contribution is 8.26. The first-order chi connectivity index (χ1) is 15.2. The Morgan fingerprint density at radius 3 is 2.34 bits per heavy atom. The van der Waals surface area contributed by atoms with Gasteiger partial charge in [-0.25, -0.2) is 0 Å². The molecule has 0 unspecified atom stereocenters. The molecule has 0 atom stereocenters. The van der Waals surface area contributed by atoms with Crippen LogP contribution in [-0.4, -0.2) is 52.9 Å². The number of amides is 1. The minimum absolute atomic E-state index is 0.0148. The summed E-state index contributed by atoms with van der Waals surface area (Å²) >= 11 is 6.96. The van der Waals surface area contributed by atoms with Crippen molar-refractivity contribution in [3.63, 3.8) is 0 Å². The quantitative estimate of drug-likeness (QED) is 0.453. The number of hydrogen-bond donors (Lipinski definition) is 0. The summed E-state index contributed by atoms with van der Waals surface area (Å²) < 4.78 is 0.647. The van der Waals surface area contributed by atoms with Crippen LogP contribution in [-0.2, 0) is 10.2 Å². The predicted octanol–water partition coefficient (Wildman–Crippen LogP) is 5.27. The van der Waals surface area contributed by atoms with Crippen LogP contribution in [0.4, 0.5) is 5.69 Å². The first kappa shape index (κ1) is 23.0. The van der Waals surface area contributed by atoms with E-state index in [-0.39, 0.29) is 11.3 Å². The number of piperazine rings is 1. The van der Waals surface area contributed by atoms with Gasteiger partial charge in [0.2, 0.25) is 0 Å². The first-order valence-electron chi connectivity index (χ1n) is 11.1. The molecule has 0 aromatic heterocycles. The van der Waals surface area contributed by atoms with Gasteiger partial charge in [-0.1, -0.05) is 81.1 Å². The van der Waals surface area contributed by atoms with E-state index in [1.807, 2.05) is 6.08 Å². The van der Waals surface area contributed by atoms with E-state index in [0.29, 0.717) is 15.9 Å². The normalized spacial score (nSPS) is 19.3. The van der Waals surface area contributed by atoms with Crippen molar-refractivity contribution in [2.24, 2.45) is 0 Å². The summed E-state index contributed by atoms with van der Waals surface area (Å²) in [7, 11) is 0. The van der Waals surface area contributed by atoms with Crippen LogP contribution in [0.15, 0.2) is 53.4 Å². The summed E-state index contributed by atoms with van der Waals surface area (Å²) in [6.45, 7) is 13.0. The molecular formula is C26H31N3OS2. The number of anilines is 1. The molecule has 2 aromatic carbocycles. The highest BCUT2D eigenvalue weighted by atomic mass is 32.2. The third kappa shape index (κ3) is 5.25. The zero-order chi connectivity index (χ0) is 22.9. The third-order valence-corrected chi connectivity index (χ3v) is 7.41. The van der Waals surface area contributed by atoms with Crippen LogP contribution in [0, 0.1) is 6.92 Å². The number of rotatable bonds is 4. The van der Waals surface area contributed by atoms with E-state index in [1.165, 1.54) is 28.6 Å². The van der Waals surface area contributed by atoms with Crippen LogP contribution >= 0.6 is 24.0 Å². The molecule has 2 aromatic rings. The van der Waals surface area contributed by atoms with Crippen LogP contribution in [0.5, 0.6) is 0 Å². The number of nitrogens with zero attached hydrogens (tertiary/aromatic N) is 3. The maximum Gasteiger partial charge on any atom is 0.267 e. The van der Waals surface area contributed by atoms with Gasteiger partial charge in [0.25, 0.3) is 5.91 Å². The largest absolute Gasteiger partial charge is 0.369 e. The van der Waals surface area contributed by atoms with Gasteiger partial charge in [-0.05, 0) is 47.2 Å². The Bertz CT molecular complexity index is 1030. The summed E-state index contributed by atoms with van der Waals surface area (Å²) in [5.74, 6) is 0.0148. The van der Waals surface area contributed by atoms with E-state index in [4.69, 9.17) is 12.2 Å². The molecule has 0 aliphatic carbocycles. The average molecular weight is 466 g/mol. The molecule has 168 valence electrons. The Balaban J connectivity index is 1.37. The van der Waals surface area contributed by atoms with Gasteiger partial charge in [0.1, 0.15) is 4.32 Å². The summed E-state index contributed by atoms with van der Waals surface area (Å²) in [4.78, 5) is 20.2. The van der Waals surface area contributed by atoms with Crippen molar-refractivity contribution in [3.8, 4) is 0 Å². The van der Waals surface area contributed by atoms with E-state index in [0.717, 1.165) is 31.7 Å². The molecule has 2 saturated heterocycles. The van der Waals surface area contributed by atoms with Crippen molar-refractivity contribution < 1.29 is 4.79 Å². The second-order valence-corrected chi connectivity index (χ2v) is 11.2. The highest BCUT2D eigenvalue weighted by Gasteiger charge is 2.33. The number of thioether (sulfide) groups is 1. The summed E-state index contributed by atoms with van der Waals surface area (Å²) in [5.41, 5.74) is 4.99. The molecule has 4 rings (SSSR count). The minimum atomic E-state index is 0.0148. The monoisotopic (exact) mass is 465 g/mol. The van der Waals surface area contributed by atoms with Gasteiger partial charge in [-0.3, -0.25) is 14.6 Å². The van der Waals surface area contributed by atoms with Crippen molar-refractivity contribution >= 4 is 46.0 Å². The van der Waals surface area contributed by atoms with E-state index in [2.05, 4.69) is 86.0 Å². The molecule has 2 aliphatic rings. The summed E-state index contributed by atoms with van der Waals surface area (Å²) in [5, 5.41) is 0. The molecule has 32 heavy (non-hydrogen) atoms. The number of carbonyl (C=O) groups excluding carboxylic acids is 1. The van der Waals surface area contributed by atoms with E-state index in [1.54, 1.807) is 4.90 Å². The number of benzene rings is 2. The molecule has 2 aliphatic heterocycles. The molecule has 0 spiro atoms. The molecule has 2 fully saturated rings. The zero-order valence-electron chi connectivity index (χ0n) is 19.3. The molecule has 0 bridgehead atoms. The SMILES string of the molecule is Cc1cccc(N2CCN(CN3C(=O)/C(=C/c4ccc(C(C)(C)C)cc4)SC3=S)CC2)c1. The van der Waals surface area contributed by atoms with Crippen molar-refractivity contribution in [2.75, 3.05) is 37.7 Å². The van der Waals surface area contributed by atoms with Crippen molar-refractivity contribution in [1.29, 1.82) is 0 Å². The van der Waals surface area contributed by atoms with E-state index < -0.39 is 0 Å². The standard InChI is InChI=1S/C26H31N3OS2/c1-19-6-5-7-22(16-19)28-14-12-27(13-15-28)18-29-24(30)23(32-25(29)31)17-20-8-10-21(11-9-20)26(2,3)4/h5-11,16-17H,12-15,18H2,1-4H3/b23-17-. The van der Waals surface area contributed by atoms with Crippen LogP contribution < -0.4 is 4.90 Å². The third-order valence-electron chi connectivity index (χ3n) is 6.03.